The van der Waals surface area contributed by atoms with E-state index in [2.05, 4.69) is 58.2 Å². The molecule has 0 radical (unpaired) electrons. The van der Waals surface area contributed by atoms with E-state index in [0.29, 0.717) is 18.2 Å². The van der Waals surface area contributed by atoms with Crippen LogP contribution in [0.2, 0.25) is 0 Å². The number of guanidine groups is 1. The summed E-state index contributed by atoms with van der Waals surface area (Å²) < 4.78 is 0. The fourth-order valence-corrected chi connectivity index (χ4v) is 4.81. The van der Waals surface area contributed by atoms with Crippen LogP contribution in [0, 0.1) is 0 Å². The summed E-state index contributed by atoms with van der Waals surface area (Å²) in [6, 6.07) is 8.41. The number of rotatable bonds is 5. The SMILES string of the molecule is CCC1CN(C(=NC)NCc2ccccc2CN2CCCC2=O)CCS1.I. The Kier molecular flexibility index (Phi) is 9.21. The van der Waals surface area contributed by atoms with Gasteiger partial charge in [-0.25, -0.2) is 0 Å². The highest BCUT2D eigenvalue weighted by Gasteiger charge is 2.23. The number of carbonyl (C=O) groups is 1. The molecule has 1 aromatic rings. The highest BCUT2D eigenvalue weighted by Crippen LogP contribution is 2.21. The van der Waals surface area contributed by atoms with Crippen molar-refractivity contribution in [1.82, 2.24) is 15.1 Å². The minimum atomic E-state index is 0. The number of hydrogen-bond donors (Lipinski definition) is 1. The van der Waals surface area contributed by atoms with Crippen molar-refractivity contribution in [2.75, 3.05) is 32.4 Å². The second-order valence-electron chi connectivity index (χ2n) is 6.94. The van der Waals surface area contributed by atoms with Crippen molar-refractivity contribution in [2.45, 2.75) is 44.5 Å². The Morgan fingerprint density at radius 3 is 2.74 bits per heavy atom. The second-order valence-corrected chi connectivity index (χ2v) is 8.34. The van der Waals surface area contributed by atoms with E-state index < -0.39 is 0 Å². The summed E-state index contributed by atoms with van der Waals surface area (Å²) in [7, 11) is 1.86. The van der Waals surface area contributed by atoms with Crippen LogP contribution >= 0.6 is 35.7 Å². The highest BCUT2D eigenvalue weighted by molar-refractivity contribution is 14.0. The third-order valence-corrected chi connectivity index (χ3v) is 6.57. The molecule has 5 nitrogen and oxygen atoms in total. The van der Waals surface area contributed by atoms with E-state index in [9.17, 15) is 4.79 Å². The third-order valence-electron chi connectivity index (χ3n) is 5.19. The summed E-state index contributed by atoms with van der Waals surface area (Å²) in [5, 5.41) is 4.23. The average molecular weight is 502 g/mol. The number of halogens is 1. The number of likely N-dealkylation sites (tertiary alicyclic amines) is 1. The molecule has 0 bridgehead atoms. The standard InChI is InChI=1S/C20H30N4OS.HI/c1-3-18-15-24(11-12-26-18)20(21-2)22-13-16-7-4-5-8-17(16)14-23-10-6-9-19(23)25;/h4-5,7-8,18H,3,6,9-15H2,1-2H3,(H,21,22);1H. The highest BCUT2D eigenvalue weighted by atomic mass is 127. The van der Waals surface area contributed by atoms with Crippen LogP contribution in [0.25, 0.3) is 0 Å². The molecule has 3 rings (SSSR count). The largest absolute Gasteiger partial charge is 0.352 e. The first-order valence-corrected chi connectivity index (χ1v) is 10.7. The molecular formula is C20H31IN4OS. The summed E-state index contributed by atoms with van der Waals surface area (Å²) in [6.07, 6.45) is 2.88. The molecule has 1 atom stereocenters. The maximum atomic E-state index is 12.0. The number of nitrogens with one attached hydrogen (secondary N) is 1. The molecular weight excluding hydrogens is 471 g/mol. The molecule has 1 N–H and O–H groups in total. The molecule has 0 aliphatic carbocycles. The minimum Gasteiger partial charge on any atom is -0.352 e. The quantitative estimate of drug-likeness (QED) is 0.381. The van der Waals surface area contributed by atoms with Crippen molar-refractivity contribution >= 4 is 47.6 Å². The minimum absolute atomic E-state index is 0. The molecule has 2 heterocycles. The molecule has 1 unspecified atom stereocenters. The first-order chi connectivity index (χ1) is 12.7. The van der Waals surface area contributed by atoms with E-state index in [1.54, 1.807) is 0 Å². The first-order valence-electron chi connectivity index (χ1n) is 9.63. The zero-order chi connectivity index (χ0) is 18.4. The number of nitrogens with zero attached hydrogens (tertiary/aromatic N) is 3. The summed E-state index contributed by atoms with van der Waals surface area (Å²) in [4.78, 5) is 20.8. The summed E-state index contributed by atoms with van der Waals surface area (Å²) in [5.74, 6) is 2.42. The Labute approximate surface area is 184 Å². The molecule has 0 saturated carbocycles. The second kappa shape index (κ2) is 11.1. The van der Waals surface area contributed by atoms with Crippen LogP contribution in [0.1, 0.15) is 37.3 Å². The van der Waals surface area contributed by atoms with Gasteiger partial charge in [0.1, 0.15) is 0 Å². The van der Waals surface area contributed by atoms with Gasteiger partial charge in [-0.05, 0) is 24.0 Å². The maximum Gasteiger partial charge on any atom is 0.222 e. The average Bonchev–Trinajstić information content (AvgIpc) is 3.08. The normalized spacial score (nSPS) is 20.6. The number of thioether (sulfide) groups is 1. The smallest absolute Gasteiger partial charge is 0.222 e. The predicted octanol–water partition coefficient (Wildman–Crippen LogP) is 3.33. The lowest BCUT2D eigenvalue weighted by Gasteiger charge is -2.34. The summed E-state index contributed by atoms with van der Waals surface area (Å²) >= 11 is 2.07. The van der Waals surface area contributed by atoms with Crippen molar-refractivity contribution in [2.24, 2.45) is 4.99 Å². The van der Waals surface area contributed by atoms with Crippen LogP contribution in [0.3, 0.4) is 0 Å². The van der Waals surface area contributed by atoms with E-state index >= 15 is 0 Å². The van der Waals surface area contributed by atoms with Gasteiger partial charge in [0.15, 0.2) is 5.96 Å². The van der Waals surface area contributed by atoms with Gasteiger partial charge in [-0.3, -0.25) is 9.79 Å². The molecule has 2 aliphatic rings. The fraction of sp³-hybridized carbons (Fsp3) is 0.600. The predicted molar refractivity (Wildman–Crippen MR) is 125 cm³/mol. The van der Waals surface area contributed by atoms with Gasteiger partial charge < -0.3 is 15.1 Å². The van der Waals surface area contributed by atoms with Gasteiger partial charge in [-0.15, -0.1) is 24.0 Å². The lowest BCUT2D eigenvalue weighted by atomic mass is 10.1. The van der Waals surface area contributed by atoms with E-state index in [4.69, 9.17) is 0 Å². The molecule has 150 valence electrons. The molecule has 2 saturated heterocycles. The zero-order valence-electron chi connectivity index (χ0n) is 16.3. The van der Waals surface area contributed by atoms with Gasteiger partial charge in [0.25, 0.3) is 0 Å². The van der Waals surface area contributed by atoms with Gasteiger partial charge in [0, 0.05) is 57.2 Å². The van der Waals surface area contributed by atoms with Crippen LogP contribution in [0.4, 0.5) is 0 Å². The van der Waals surface area contributed by atoms with Gasteiger partial charge in [0.05, 0.1) is 0 Å². The van der Waals surface area contributed by atoms with Crippen LogP contribution in [-0.2, 0) is 17.9 Å². The van der Waals surface area contributed by atoms with Gasteiger partial charge >= 0.3 is 0 Å². The lowest BCUT2D eigenvalue weighted by Crippen LogP contribution is -2.47. The molecule has 7 heteroatoms. The maximum absolute atomic E-state index is 12.0. The molecule has 0 aromatic heterocycles. The number of amides is 1. The van der Waals surface area contributed by atoms with Gasteiger partial charge in [-0.1, -0.05) is 31.2 Å². The van der Waals surface area contributed by atoms with Crippen molar-refractivity contribution < 1.29 is 4.79 Å². The van der Waals surface area contributed by atoms with E-state index in [1.807, 2.05) is 11.9 Å². The summed E-state index contributed by atoms with van der Waals surface area (Å²) in [5.41, 5.74) is 2.47. The number of carbonyl (C=O) groups excluding carboxylic acids is 1. The Bertz CT molecular complexity index is 655. The van der Waals surface area contributed by atoms with Gasteiger partial charge in [0.2, 0.25) is 5.91 Å². The van der Waals surface area contributed by atoms with Crippen molar-refractivity contribution in [3.05, 3.63) is 35.4 Å². The lowest BCUT2D eigenvalue weighted by molar-refractivity contribution is -0.128. The number of benzene rings is 1. The molecule has 2 aliphatic heterocycles. The third kappa shape index (κ3) is 6.01. The molecule has 1 aromatic carbocycles. The molecule has 1 amide bonds. The van der Waals surface area contributed by atoms with E-state index in [-0.39, 0.29) is 29.9 Å². The topological polar surface area (TPSA) is 47.9 Å². The molecule has 27 heavy (non-hydrogen) atoms. The van der Waals surface area contributed by atoms with Crippen LogP contribution < -0.4 is 5.32 Å². The first kappa shape index (κ1) is 22.3. The van der Waals surface area contributed by atoms with Crippen molar-refractivity contribution in [3.8, 4) is 0 Å². The van der Waals surface area contributed by atoms with Crippen molar-refractivity contribution in [1.29, 1.82) is 0 Å². The molecule has 0 spiro atoms. The Balaban J connectivity index is 0.00000261. The van der Waals surface area contributed by atoms with E-state index in [1.165, 1.54) is 17.5 Å². The Morgan fingerprint density at radius 2 is 2.07 bits per heavy atom. The van der Waals surface area contributed by atoms with E-state index in [0.717, 1.165) is 44.3 Å². The van der Waals surface area contributed by atoms with Crippen molar-refractivity contribution in [3.63, 3.8) is 0 Å². The summed E-state index contributed by atoms with van der Waals surface area (Å²) in [6.45, 7) is 6.70. The van der Waals surface area contributed by atoms with Crippen LogP contribution in [-0.4, -0.2) is 59.4 Å². The fourth-order valence-electron chi connectivity index (χ4n) is 3.63. The number of aliphatic imine (C=N–C) groups is 1. The Morgan fingerprint density at radius 1 is 1.30 bits per heavy atom. The molecule has 2 fully saturated rings. The zero-order valence-corrected chi connectivity index (χ0v) is 19.5. The Hall–Kier alpha value is -0.960. The van der Waals surface area contributed by atoms with Crippen LogP contribution in [0.5, 0.6) is 0 Å². The number of hydrogen-bond acceptors (Lipinski definition) is 3. The monoisotopic (exact) mass is 502 g/mol. The van der Waals surface area contributed by atoms with Crippen LogP contribution in [0.15, 0.2) is 29.3 Å². The van der Waals surface area contributed by atoms with Gasteiger partial charge in [-0.2, -0.15) is 11.8 Å².